The molecule has 0 unspecified atom stereocenters. The zero-order chi connectivity index (χ0) is 19.4. The van der Waals surface area contributed by atoms with Gasteiger partial charge in [-0.3, -0.25) is 9.59 Å². The Morgan fingerprint density at radius 2 is 2.04 bits per heavy atom. The van der Waals surface area contributed by atoms with Gasteiger partial charge in [0.05, 0.1) is 17.8 Å². The average Bonchev–Trinajstić information content (AvgIpc) is 2.68. The molecule has 0 aliphatic carbocycles. The fourth-order valence-corrected chi connectivity index (χ4v) is 3.41. The summed E-state index contributed by atoms with van der Waals surface area (Å²) in [7, 11) is 1.63. The number of anilines is 1. The Hall–Kier alpha value is -2.63. The van der Waals surface area contributed by atoms with Crippen molar-refractivity contribution < 1.29 is 4.79 Å². The summed E-state index contributed by atoms with van der Waals surface area (Å²) in [6.45, 7) is 6.34. The lowest BCUT2D eigenvalue weighted by Gasteiger charge is -2.33. The van der Waals surface area contributed by atoms with Crippen LogP contribution in [-0.4, -0.2) is 28.8 Å². The number of hydrogen-bond donors (Lipinski definition) is 1. The van der Waals surface area contributed by atoms with E-state index in [1.807, 2.05) is 0 Å². The van der Waals surface area contributed by atoms with E-state index < -0.39 is 0 Å². The molecule has 144 valence electrons. The molecule has 6 nitrogen and oxygen atoms in total. The summed E-state index contributed by atoms with van der Waals surface area (Å²) in [5.41, 5.74) is 3.07. The number of aryl methyl sites for hydroxylation is 1. The molecule has 2 aromatic rings. The van der Waals surface area contributed by atoms with Gasteiger partial charge in [-0.05, 0) is 29.9 Å². The first-order valence-electron chi connectivity index (χ1n) is 9.59. The molecule has 0 spiro atoms. The van der Waals surface area contributed by atoms with Gasteiger partial charge in [-0.15, -0.1) is 0 Å². The number of carbonyl (C=O) groups is 1. The van der Waals surface area contributed by atoms with Gasteiger partial charge in [-0.2, -0.15) is 5.10 Å². The first-order chi connectivity index (χ1) is 12.9. The molecule has 0 bridgehead atoms. The molecular formula is C21H28N4O2. The second-order valence-corrected chi connectivity index (χ2v) is 7.57. The van der Waals surface area contributed by atoms with Gasteiger partial charge in [0.2, 0.25) is 5.91 Å². The molecule has 1 amide bonds. The largest absolute Gasteiger partial charge is 0.369 e. The molecule has 1 aromatic heterocycles. The summed E-state index contributed by atoms with van der Waals surface area (Å²) in [4.78, 5) is 26.5. The summed E-state index contributed by atoms with van der Waals surface area (Å²) >= 11 is 0. The van der Waals surface area contributed by atoms with Crippen LogP contribution in [0.2, 0.25) is 0 Å². The summed E-state index contributed by atoms with van der Waals surface area (Å²) < 4.78 is 1.31. The maximum absolute atomic E-state index is 12.6. The Kier molecular flexibility index (Phi) is 5.94. The number of hydrogen-bond acceptors (Lipinski definition) is 4. The molecule has 27 heavy (non-hydrogen) atoms. The predicted octanol–water partition coefficient (Wildman–Crippen LogP) is 2.44. The highest BCUT2D eigenvalue weighted by Crippen LogP contribution is 2.22. The van der Waals surface area contributed by atoms with Crippen LogP contribution in [0.15, 0.2) is 41.3 Å². The molecule has 2 heterocycles. The number of rotatable bonds is 5. The highest BCUT2D eigenvalue weighted by molar-refractivity contribution is 5.79. The highest BCUT2D eigenvalue weighted by Gasteiger charge is 2.26. The molecule has 1 N–H and O–H groups in total. The number of nitrogens with zero attached hydrogens (tertiary/aromatic N) is 3. The van der Waals surface area contributed by atoms with Crippen LogP contribution in [0, 0.1) is 5.92 Å². The smallest absolute Gasteiger partial charge is 0.268 e. The normalized spacial score (nSPS) is 17.2. The van der Waals surface area contributed by atoms with Crippen LogP contribution >= 0.6 is 0 Å². The minimum Gasteiger partial charge on any atom is -0.369 e. The number of aromatic nitrogens is 2. The molecule has 3 rings (SSSR count). The van der Waals surface area contributed by atoms with E-state index in [4.69, 9.17) is 0 Å². The van der Waals surface area contributed by atoms with Gasteiger partial charge < -0.3 is 10.2 Å². The zero-order valence-corrected chi connectivity index (χ0v) is 16.3. The monoisotopic (exact) mass is 368 g/mol. The Balaban J connectivity index is 1.57. The van der Waals surface area contributed by atoms with Crippen LogP contribution in [0.25, 0.3) is 0 Å². The van der Waals surface area contributed by atoms with Gasteiger partial charge in [0.1, 0.15) is 0 Å². The van der Waals surface area contributed by atoms with E-state index in [0.29, 0.717) is 19.0 Å². The van der Waals surface area contributed by atoms with Crippen molar-refractivity contribution in [2.24, 2.45) is 13.0 Å². The number of piperidine rings is 1. The molecule has 0 radical (unpaired) electrons. The lowest BCUT2D eigenvalue weighted by Crippen LogP contribution is -2.43. The predicted molar refractivity (Wildman–Crippen MR) is 107 cm³/mol. The summed E-state index contributed by atoms with van der Waals surface area (Å²) in [5.74, 6) is 0.508. The summed E-state index contributed by atoms with van der Waals surface area (Å²) in [6.07, 6.45) is 3.49. The molecule has 1 aromatic carbocycles. The topological polar surface area (TPSA) is 67.2 Å². The quantitative estimate of drug-likeness (QED) is 0.880. The number of carbonyl (C=O) groups excluding carboxylic acids is 1. The molecular weight excluding hydrogens is 340 g/mol. The van der Waals surface area contributed by atoms with E-state index in [2.05, 4.69) is 53.4 Å². The van der Waals surface area contributed by atoms with Gasteiger partial charge in [-0.25, -0.2) is 4.68 Å². The molecule has 0 saturated carbocycles. The lowest BCUT2D eigenvalue weighted by atomic mass is 9.96. The van der Waals surface area contributed by atoms with E-state index in [0.717, 1.165) is 30.6 Å². The second-order valence-electron chi connectivity index (χ2n) is 7.57. The van der Waals surface area contributed by atoms with Gasteiger partial charge in [0, 0.05) is 32.7 Å². The Morgan fingerprint density at radius 1 is 1.30 bits per heavy atom. The highest BCUT2D eigenvalue weighted by atomic mass is 16.2. The van der Waals surface area contributed by atoms with E-state index in [-0.39, 0.29) is 17.4 Å². The minimum absolute atomic E-state index is 0.0715. The molecule has 1 fully saturated rings. The van der Waals surface area contributed by atoms with Crippen LogP contribution < -0.4 is 15.8 Å². The fraction of sp³-hybridized carbons (Fsp3) is 0.476. The maximum Gasteiger partial charge on any atom is 0.268 e. The Labute approximate surface area is 160 Å². The molecule has 1 aliphatic heterocycles. The molecule has 1 atom stereocenters. The molecule has 1 aliphatic rings. The first-order valence-corrected chi connectivity index (χ1v) is 9.59. The standard InChI is InChI=1S/C21H28N4O2/c1-15(2)17-8-6-16(7-9-17)12-22-21(27)18-5-4-10-25(14-18)19-11-20(26)24(3)23-13-19/h6-9,11,13,15,18H,4-5,10,12,14H2,1-3H3,(H,22,27)/t18-/m1/s1. The van der Waals surface area contributed by atoms with Crippen molar-refractivity contribution in [2.75, 3.05) is 18.0 Å². The maximum atomic E-state index is 12.6. The average molecular weight is 368 g/mol. The van der Waals surface area contributed by atoms with Gasteiger partial charge in [0.15, 0.2) is 0 Å². The van der Waals surface area contributed by atoms with Crippen LogP contribution in [0.1, 0.15) is 43.7 Å². The van der Waals surface area contributed by atoms with Crippen molar-refractivity contribution in [1.29, 1.82) is 0 Å². The van der Waals surface area contributed by atoms with Crippen LogP contribution in [-0.2, 0) is 18.4 Å². The van der Waals surface area contributed by atoms with Crippen molar-refractivity contribution in [1.82, 2.24) is 15.1 Å². The van der Waals surface area contributed by atoms with Crippen molar-refractivity contribution >= 4 is 11.6 Å². The van der Waals surface area contributed by atoms with Gasteiger partial charge >= 0.3 is 0 Å². The Bertz CT molecular complexity index is 842. The SMILES string of the molecule is CC(C)c1ccc(CNC(=O)[C@@H]2CCCN(c3cnn(C)c(=O)c3)C2)cc1. The third-order valence-electron chi connectivity index (χ3n) is 5.22. The van der Waals surface area contributed by atoms with E-state index in [1.54, 1.807) is 19.3 Å². The van der Waals surface area contributed by atoms with Gasteiger partial charge in [0.25, 0.3) is 5.56 Å². The van der Waals surface area contributed by atoms with Crippen LogP contribution in [0.3, 0.4) is 0 Å². The van der Waals surface area contributed by atoms with Crippen molar-refractivity contribution in [3.8, 4) is 0 Å². The van der Waals surface area contributed by atoms with Crippen molar-refractivity contribution in [3.05, 3.63) is 58.0 Å². The first kappa shape index (κ1) is 19.1. The van der Waals surface area contributed by atoms with Crippen molar-refractivity contribution in [2.45, 2.75) is 39.2 Å². The number of nitrogens with one attached hydrogen (secondary N) is 1. The summed E-state index contributed by atoms with van der Waals surface area (Å²) in [5, 5.41) is 7.14. The molecule has 1 saturated heterocycles. The third-order valence-corrected chi connectivity index (χ3v) is 5.22. The van der Waals surface area contributed by atoms with Crippen LogP contribution in [0.5, 0.6) is 0 Å². The molecule has 6 heteroatoms. The van der Waals surface area contributed by atoms with Gasteiger partial charge in [-0.1, -0.05) is 38.1 Å². The summed E-state index contributed by atoms with van der Waals surface area (Å²) in [6, 6.07) is 9.99. The fourth-order valence-electron chi connectivity index (χ4n) is 3.41. The Morgan fingerprint density at radius 3 is 2.70 bits per heavy atom. The number of amides is 1. The zero-order valence-electron chi connectivity index (χ0n) is 16.3. The van der Waals surface area contributed by atoms with E-state index in [1.165, 1.54) is 10.2 Å². The van der Waals surface area contributed by atoms with E-state index >= 15 is 0 Å². The van der Waals surface area contributed by atoms with E-state index in [9.17, 15) is 9.59 Å². The number of benzene rings is 1. The third kappa shape index (κ3) is 4.76. The van der Waals surface area contributed by atoms with Crippen molar-refractivity contribution in [3.63, 3.8) is 0 Å². The second kappa shape index (κ2) is 8.37. The van der Waals surface area contributed by atoms with Crippen LogP contribution in [0.4, 0.5) is 5.69 Å². The lowest BCUT2D eigenvalue weighted by molar-refractivity contribution is -0.125. The minimum atomic E-state index is -0.135.